The largest absolute Gasteiger partial charge is 0.481 e. The smallest absolute Gasteiger partial charge is 0.307 e. The first-order chi connectivity index (χ1) is 9.30. The summed E-state index contributed by atoms with van der Waals surface area (Å²) in [5.74, 6) is -0.792. The summed E-state index contributed by atoms with van der Waals surface area (Å²) >= 11 is 0. The highest BCUT2D eigenvalue weighted by Crippen LogP contribution is 2.37. The van der Waals surface area contributed by atoms with Crippen LogP contribution in [0, 0.1) is 23.2 Å². The second kappa shape index (κ2) is 5.74. The molecule has 0 bridgehead atoms. The zero-order valence-electron chi connectivity index (χ0n) is 12.9. The van der Waals surface area contributed by atoms with Crippen LogP contribution in [0.5, 0.6) is 0 Å². The molecule has 4 nitrogen and oxygen atoms in total. The van der Waals surface area contributed by atoms with E-state index in [1.54, 1.807) is 0 Å². The zero-order chi connectivity index (χ0) is 14.9. The molecular weight excluding hydrogens is 254 g/mol. The van der Waals surface area contributed by atoms with E-state index in [0.717, 1.165) is 38.8 Å². The Hall–Kier alpha value is -1.06. The lowest BCUT2D eigenvalue weighted by atomic mass is 9.75. The third-order valence-electron chi connectivity index (χ3n) is 5.18. The Labute approximate surface area is 121 Å². The number of hydrogen-bond acceptors (Lipinski definition) is 2. The zero-order valence-corrected chi connectivity index (χ0v) is 12.9. The van der Waals surface area contributed by atoms with Gasteiger partial charge in [0.05, 0.1) is 11.8 Å². The van der Waals surface area contributed by atoms with Crippen LogP contribution in [0.3, 0.4) is 0 Å². The van der Waals surface area contributed by atoms with Crippen molar-refractivity contribution in [3.63, 3.8) is 0 Å². The second-order valence-electron chi connectivity index (χ2n) is 7.45. The molecule has 2 aliphatic rings. The monoisotopic (exact) mass is 281 g/mol. The normalized spacial score (nSPS) is 28.6. The van der Waals surface area contributed by atoms with Crippen molar-refractivity contribution in [3.8, 4) is 0 Å². The highest BCUT2D eigenvalue weighted by Gasteiger charge is 2.41. The molecule has 4 heteroatoms. The molecule has 1 aliphatic heterocycles. The van der Waals surface area contributed by atoms with Crippen LogP contribution in [-0.4, -0.2) is 35.0 Å². The Morgan fingerprint density at radius 1 is 1.00 bits per heavy atom. The number of rotatable bonds is 2. The average Bonchev–Trinajstić information content (AvgIpc) is 2.86. The molecule has 20 heavy (non-hydrogen) atoms. The van der Waals surface area contributed by atoms with Crippen molar-refractivity contribution in [3.05, 3.63) is 0 Å². The van der Waals surface area contributed by atoms with Crippen LogP contribution < -0.4 is 0 Å². The van der Waals surface area contributed by atoms with Gasteiger partial charge in [0.1, 0.15) is 0 Å². The summed E-state index contributed by atoms with van der Waals surface area (Å²) in [6.07, 6.45) is 4.35. The van der Waals surface area contributed by atoms with E-state index in [4.69, 9.17) is 0 Å². The van der Waals surface area contributed by atoms with Crippen LogP contribution in [0.4, 0.5) is 0 Å². The average molecular weight is 281 g/mol. The van der Waals surface area contributed by atoms with E-state index in [1.165, 1.54) is 0 Å². The van der Waals surface area contributed by atoms with E-state index in [1.807, 2.05) is 4.90 Å². The van der Waals surface area contributed by atoms with Crippen LogP contribution in [0.1, 0.15) is 52.9 Å². The number of carboxylic acids is 1. The molecule has 2 unspecified atom stereocenters. The van der Waals surface area contributed by atoms with E-state index < -0.39 is 11.9 Å². The van der Waals surface area contributed by atoms with Gasteiger partial charge in [-0.25, -0.2) is 0 Å². The van der Waals surface area contributed by atoms with Gasteiger partial charge in [-0.1, -0.05) is 27.2 Å². The first-order valence-corrected chi connectivity index (χ1v) is 7.82. The van der Waals surface area contributed by atoms with E-state index in [9.17, 15) is 14.7 Å². The molecule has 2 rings (SSSR count). The number of carbonyl (C=O) groups excluding carboxylic acids is 1. The number of hydrogen-bond donors (Lipinski definition) is 1. The molecule has 2 fully saturated rings. The van der Waals surface area contributed by atoms with Crippen molar-refractivity contribution < 1.29 is 14.7 Å². The Morgan fingerprint density at radius 3 is 2.05 bits per heavy atom. The lowest BCUT2D eigenvalue weighted by Crippen LogP contribution is -2.45. The minimum absolute atomic E-state index is 0.0854. The van der Waals surface area contributed by atoms with Crippen LogP contribution in [0.15, 0.2) is 0 Å². The molecule has 1 aliphatic carbocycles. The number of aliphatic carboxylic acids is 1. The third-order valence-corrected chi connectivity index (χ3v) is 5.18. The van der Waals surface area contributed by atoms with Crippen molar-refractivity contribution in [2.24, 2.45) is 23.2 Å². The lowest BCUT2D eigenvalue weighted by molar-refractivity contribution is -0.149. The van der Waals surface area contributed by atoms with Gasteiger partial charge in [0, 0.05) is 13.1 Å². The Bertz CT molecular complexity index is 378. The predicted molar refractivity (Wildman–Crippen MR) is 77.2 cm³/mol. The number of piperidine rings is 1. The van der Waals surface area contributed by atoms with E-state index >= 15 is 0 Å². The molecule has 0 aromatic carbocycles. The highest BCUT2D eigenvalue weighted by molar-refractivity contribution is 5.85. The van der Waals surface area contributed by atoms with Crippen molar-refractivity contribution in [1.82, 2.24) is 4.90 Å². The van der Waals surface area contributed by atoms with Gasteiger partial charge in [-0.2, -0.15) is 0 Å². The summed E-state index contributed by atoms with van der Waals surface area (Å²) in [5, 5.41) is 9.21. The Morgan fingerprint density at radius 2 is 1.55 bits per heavy atom. The van der Waals surface area contributed by atoms with Crippen molar-refractivity contribution in [1.29, 1.82) is 0 Å². The summed E-state index contributed by atoms with van der Waals surface area (Å²) in [6.45, 7) is 8.36. The SMILES string of the molecule is CC(C)(C)C1CCN(C(=O)C2CCCC2C(=O)O)CC1. The summed E-state index contributed by atoms with van der Waals surface area (Å²) in [4.78, 5) is 25.7. The number of nitrogens with zero attached hydrogens (tertiary/aromatic N) is 1. The second-order valence-corrected chi connectivity index (χ2v) is 7.45. The van der Waals surface area contributed by atoms with Crippen molar-refractivity contribution >= 4 is 11.9 Å². The fourth-order valence-corrected chi connectivity index (χ4v) is 3.75. The fourth-order valence-electron chi connectivity index (χ4n) is 3.75. The molecular formula is C16H27NO3. The van der Waals surface area contributed by atoms with Gasteiger partial charge in [-0.05, 0) is 37.0 Å². The van der Waals surface area contributed by atoms with Crippen LogP contribution in [0.25, 0.3) is 0 Å². The molecule has 0 aromatic heterocycles. The van der Waals surface area contributed by atoms with Gasteiger partial charge in [0.2, 0.25) is 5.91 Å². The highest BCUT2D eigenvalue weighted by atomic mass is 16.4. The molecule has 1 saturated carbocycles. The number of amides is 1. The maximum absolute atomic E-state index is 12.5. The van der Waals surface area contributed by atoms with Crippen molar-refractivity contribution in [2.75, 3.05) is 13.1 Å². The van der Waals surface area contributed by atoms with E-state index in [-0.39, 0.29) is 11.8 Å². The van der Waals surface area contributed by atoms with Crippen LogP contribution in [-0.2, 0) is 9.59 Å². The van der Waals surface area contributed by atoms with E-state index in [0.29, 0.717) is 17.8 Å². The Kier molecular flexibility index (Phi) is 4.40. The molecule has 1 amide bonds. The number of carbonyl (C=O) groups is 2. The summed E-state index contributed by atoms with van der Waals surface area (Å²) < 4.78 is 0. The summed E-state index contributed by atoms with van der Waals surface area (Å²) in [7, 11) is 0. The standard InChI is InChI=1S/C16H27NO3/c1-16(2,3)11-7-9-17(10-8-11)14(18)12-5-4-6-13(12)15(19)20/h11-13H,4-10H2,1-3H3,(H,19,20). The van der Waals surface area contributed by atoms with Gasteiger partial charge in [0.25, 0.3) is 0 Å². The number of likely N-dealkylation sites (tertiary alicyclic amines) is 1. The minimum Gasteiger partial charge on any atom is -0.481 e. The topological polar surface area (TPSA) is 57.6 Å². The van der Waals surface area contributed by atoms with Gasteiger partial charge in [0.15, 0.2) is 0 Å². The van der Waals surface area contributed by atoms with Gasteiger partial charge in [-0.15, -0.1) is 0 Å². The molecule has 1 heterocycles. The van der Waals surface area contributed by atoms with Crippen LogP contribution >= 0.6 is 0 Å². The molecule has 2 atom stereocenters. The predicted octanol–water partition coefficient (Wildman–Crippen LogP) is 2.77. The first-order valence-electron chi connectivity index (χ1n) is 7.82. The lowest BCUT2D eigenvalue weighted by Gasteiger charge is -2.39. The summed E-state index contributed by atoms with van der Waals surface area (Å²) in [6, 6.07) is 0. The van der Waals surface area contributed by atoms with Crippen molar-refractivity contribution in [2.45, 2.75) is 52.9 Å². The van der Waals surface area contributed by atoms with Gasteiger partial charge >= 0.3 is 5.97 Å². The Balaban J connectivity index is 1.93. The molecule has 0 radical (unpaired) electrons. The van der Waals surface area contributed by atoms with E-state index in [2.05, 4.69) is 20.8 Å². The fraction of sp³-hybridized carbons (Fsp3) is 0.875. The third kappa shape index (κ3) is 3.15. The maximum Gasteiger partial charge on any atom is 0.307 e. The number of carboxylic acid groups (broad SMARTS) is 1. The molecule has 114 valence electrons. The first kappa shape index (κ1) is 15.3. The maximum atomic E-state index is 12.5. The molecule has 1 saturated heterocycles. The molecule has 1 N–H and O–H groups in total. The molecule has 0 aromatic rings. The molecule has 0 spiro atoms. The quantitative estimate of drug-likeness (QED) is 0.846. The van der Waals surface area contributed by atoms with Gasteiger partial charge in [-0.3, -0.25) is 9.59 Å². The van der Waals surface area contributed by atoms with Crippen LogP contribution in [0.2, 0.25) is 0 Å². The van der Waals surface area contributed by atoms with Gasteiger partial charge < -0.3 is 10.0 Å². The minimum atomic E-state index is -0.801. The summed E-state index contributed by atoms with van der Waals surface area (Å²) in [5.41, 5.74) is 0.298.